The van der Waals surface area contributed by atoms with Gasteiger partial charge in [0.1, 0.15) is 16.8 Å². The van der Waals surface area contributed by atoms with Gasteiger partial charge < -0.3 is 10.6 Å². The van der Waals surface area contributed by atoms with E-state index in [9.17, 15) is 22.4 Å². The van der Waals surface area contributed by atoms with Crippen LogP contribution in [0.15, 0.2) is 53.7 Å². The van der Waals surface area contributed by atoms with E-state index in [2.05, 4.69) is 20.3 Å². The minimum absolute atomic E-state index is 0.0927. The fourth-order valence-electron chi connectivity index (χ4n) is 2.46. The van der Waals surface area contributed by atoms with Gasteiger partial charge in [0.15, 0.2) is 0 Å². The molecule has 1 atom stereocenters. The lowest BCUT2D eigenvalue weighted by Crippen LogP contribution is -2.50. The highest BCUT2D eigenvalue weighted by Crippen LogP contribution is 2.15. The number of carbonyl (C=O) groups is 2. The number of rotatable bonds is 9. The highest BCUT2D eigenvalue weighted by atomic mass is 32.2. The molecule has 0 unspecified atom stereocenters. The first-order valence-electron chi connectivity index (χ1n) is 8.95. The van der Waals surface area contributed by atoms with E-state index in [1.165, 1.54) is 18.3 Å². The van der Waals surface area contributed by atoms with Crippen molar-refractivity contribution in [2.45, 2.75) is 24.8 Å². The van der Waals surface area contributed by atoms with E-state index in [1.807, 2.05) is 0 Å². The van der Waals surface area contributed by atoms with Crippen LogP contribution >= 0.6 is 0 Å². The Balaban J connectivity index is 1.92. The molecule has 156 valence electrons. The van der Waals surface area contributed by atoms with E-state index >= 15 is 0 Å². The summed E-state index contributed by atoms with van der Waals surface area (Å²) in [6, 6.07) is 7.06. The van der Waals surface area contributed by atoms with E-state index in [0.717, 1.165) is 12.1 Å². The highest BCUT2D eigenvalue weighted by Gasteiger charge is 2.29. The molecule has 0 aliphatic heterocycles. The number of halogens is 1. The molecule has 1 heterocycles. The number of pyridine rings is 1. The number of nitrogens with zero attached hydrogens (tertiary/aromatic N) is 1. The number of sulfonamides is 1. The maximum absolute atomic E-state index is 13.8. The maximum atomic E-state index is 13.8. The summed E-state index contributed by atoms with van der Waals surface area (Å²) in [6.45, 7) is 3.57. The molecule has 1 aromatic carbocycles. The van der Waals surface area contributed by atoms with Crippen molar-refractivity contribution < 1.29 is 22.4 Å². The Morgan fingerprint density at radius 3 is 2.38 bits per heavy atom. The second-order valence-corrected chi connectivity index (χ2v) is 8.24. The average molecular weight is 422 g/mol. The SMILES string of the molecule is CC(C)[C@H](NS(=O)(=O)c1ccccc1F)C(=O)NCCNC(=O)c1cccnc1. The molecule has 2 rings (SSSR count). The van der Waals surface area contributed by atoms with Gasteiger partial charge in [-0.15, -0.1) is 0 Å². The van der Waals surface area contributed by atoms with Gasteiger partial charge in [-0.25, -0.2) is 12.8 Å². The summed E-state index contributed by atoms with van der Waals surface area (Å²) in [7, 11) is -4.22. The molecule has 2 aromatic rings. The highest BCUT2D eigenvalue weighted by molar-refractivity contribution is 7.89. The molecular formula is C19H23FN4O4S. The normalized spacial score (nSPS) is 12.4. The van der Waals surface area contributed by atoms with Crippen molar-refractivity contribution in [2.24, 2.45) is 5.92 Å². The number of carbonyl (C=O) groups excluding carboxylic acids is 2. The van der Waals surface area contributed by atoms with Gasteiger partial charge in [0.2, 0.25) is 15.9 Å². The standard InChI is InChI=1S/C19H23FN4O4S/c1-13(2)17(24-29(27,28)16-8-4-3-7-15(16)20)19(26)23-11-10-22-18(25)14-6-5-9-21-12-14/h3-9,12-13,17,24H,10-11H2,1-2H3,(H,22,25)(H,23,26)/t17-/m0/s1. The van der Waals surface area contributed by atoms with Crippen LogP contribution in [0.2, 0.25) is 0 Å². The number of aromatic nitrogens is 1. The van der Waals surface area contributed by atoms with Crippen LogP contribution in [0.5, 0.6) is 0 Å². The molecule has 10 heteroatoms. The third kappa shape index (κ3) is 6.33. The van der Waals surface area contributed by atoms with Gasteiger partial charge in [-0.05, 0) is 30.2 Å². The Labute approximate surface area is 169 Å². The zero-order valence-corrected chi connectivity index (χ0v) is 16.9. The van der Waals surface area contributed by atoms with Crippen molar-refractivity contribution in [3.05, 3.63) is 60.2 Å². The number of nitrogens with one attached hydrogen (secondary N) is 3. The predicted molar refractivity (Wildman–Crippen MR) is 105 cm³/mol. The Kier molecular flexibility index (Phi) is 7.80. The Hall–Kier alpha value is -2.85. The predicted octanol–water partition coefficient (Wildman–Crippen LogP) is 1.07. The van der Waals surface area contributed by atoms with E-state index in [0.29, 0.717) is 5.56 Å². The summed E-state index contributed by atoms with van der Waals surface area (Å²) in [5, 5.41) is 5.19. The first-order chi connectivity index (χ1) is 13.7. The number of hydrogen-bond donors (Lipinski definition) is 3. The smallest absolute Gasteiger partial charge is 0.252 e. The first-order valence-corrected chi connectivity index (χ1v) is 10.4. The molecule has 0 radical (unpaired) electrons. The van der Waals surface area contributed by atoms with Gasteiger partial charge in [0.05, 0.1) is 5.56 Å². The minimum atomic E-state index is -4.22. The minimum Gasteiger partial charge on any atom is -0.353 e. The van der Waals surface area contributed by atoms with Crippen LogP contribution in [-0.2, 0) is 14.8 Å². The monoisotopic (exact) mass is 422 g/mol. The molecule has 0 saturated heterocycles. The summed E-state index contributed by atoms with van der Waals surface area (Å²) in [5.74, 6) is -2.20. The van der Waals surface area contributed by atoms with Crippen LogP contribution in [0.3, 0.4) is 0 Å². The number of benzene rings is 1. The second kappa shape index (κ2) is 10.1. The Bertz CT molecular complexity index is 952. The van der Waals surface area contributed by atoms with Crippen LogP contribution in [0.4, 0.5) is 4.39 Å². The van der Waals surface area contributed by atoms with Gasteiger partial charge in [0.25, 0.3) is 5.91 Å². The summed E-state index contributed by atoms with van der Waals surface area (Å²) in [4.78, 5) is 27.7. The van der Waals surface area contributed by atoms with Crippen LogP contribution in [0.25, 0.3) is 0 Å². The number of hydrogen-bond acceptors (Lipinski definition) is 5. The van der Waals surface area contributed by atoms with Crippen LogP contribution in [0.1, 0.15) is 24.2 Å². The molecule has 0 aliphatic carbocycles. The van der Waals surface area contributed by atoms with Crippen molar-refractivity contribution in [1.29, 1.82) is 0 Å². The molecule has 3 N–H and O–H groups in total. The molecule has 0 saturated carbocycles. The fourth-order valence-corrected chi connectivity index (χ4v) is 3.88. The molecule has 0 bridgehead atoms. The lowest BCUT2D eigenvalue weighted by molar-refractivity contribution is -0.123. The van der Waals surface area contributed by atoms with Gasteiger partial charge in [-0.3, -0.25) is 14.6 Å². The quantitative estimate of drug-likeness (QED) is 0.523. The second-order valence-electron chi connectivity index (χ2n) is 6.56. The molecular weight excluding hydrogens is 399 g/mol. The van der Waals surface area contributed by atoms with Crippen molar-refractivity contribution in [3.8, 4) is 0 Å². The molecule has 8 nitrogen and oxygen atoms in total. The third-order valence-electron chi connectivity index (χ3n) is 3.99. The largest absolute Gasteiger partial charge is 0.353 e. The van der Waals surface area contributed by atoms with Gasteiger partial charge in [-0.1, -0.05) is 26.0 Å². The topological polar surface area (TPSA) is 117 Å². The lowest BCUT2D eigenvalue weighted by Gasteiger charge is -2.22. The van der Waals surface area contributed by atoms with Crippen molar-refractivity contribution in [1.82, 2.24) is 20.3 Å². The Morgan fingerprint density at radius 2 is 1.76 bits per heavy atom. The van der Waals surface area contributed by atoms with Gasteiger partial charge in [0, 0.05) is 25.5 Å². The van der Waals surface area contributed by atoms with Crippen molar-refractivity contribution in [3.63, 3.8) is 0 Å². The van der Waals surface area contributed by atoms with Gasteiger partial charge in [-0.2, -0.15) is 4.72 Å². The summed E-state index contributed by atoms with van der Waals surface area (Å²) in [6.07, 6.45) is 2.96. The van der Waals surface area contributed by atoms with Crippen LogP contribution < -0.4 is 15.4 Å². The first kappa shape index (κ1) is 22.4. The van der Waals surface area contributed by atoms with E-state index < -0.39 is 32.7 Å². The molecule has 2 amide bonds. The molecule has 1 aromatic heterocycles. The molecule has 0 aliphatic rings. The van der Waals surface area contributed by atoms with E-state index in [-0.39, 0.29) is 24.9 Å². The molecule has 0 fully saturated rings. The van der Waals surface area contributed by atoms with Gasteiger partial charge >= 0.3 is 0 Å². The zero-order chi connectivity index (χ0) is 21.4. The Morgan fingerprint density at radius 1 is 1.07 bits per heavy atom. The van der Waals surface area contributed by atoms with Crippen LogP contribution in [0, 0.1) is 11.7 Å². The molecule has 29 heavy (non-hydrogen) atoms. The lowest BCUT2D eigenvalue weighted by atomic mass is 10.1. The van der Waals surface area contributed by atoms with E-state index in [4.69, 9.17) is 0 Å². The number of amides is 2. The van der Waals surface area contributed by atoms with Crippen molar-refractivity contribution in [2.75, 3.05) is 13.1 Å². The summed E-state index contributed by atoms with van der Waals surface area (Å²) >= 11 is 0. The summed E-state index contributed by atoms with van der Waals surface area (Å²) < 4.78 is 41.0. The van der Waals surface area contributed by atoms with Crippen LogP contribution in [-0.4, -0.2) is 44.3 Å². The third-order valence-corrected chi connectivity index (χ3v) is 5.47. The van der Waals surface area contributed by atoms with E-state index in [1.54, 1.807) is 32.2 Å². The zero-order valence-electron chi connectivity index (χ0n) is 16.1. The maximum Gasteiger partial charge on any atom is 0.252 e. The van der Waals surface area contributed by atoms with Crippen molar-refractivity contribution >= 4 is 21.8 Å². The molecule has 0 spiro atoms. The summed E-state index contributed by atoms with van der Waals surface area (Å²) in [5.41, 5.74) is 0.386. The fraction of sp³-hybridized carbons (Fsp3) is 0.316. The average Bonchev–Trinajstić information content (AvgIpc) is 2.69.